The fraction of sp³-hybridized carbons (Fsp3) is 0.312. The lowest BCUT2D eigenvalue weighted by molar-refractivity contribution is 0.0955. The number of carbonyl (C=O) groups is 1. The molecule has 1 amide bonds. The van der Waals surface area contributed by atoms with Crippen molar-refractivity contribution in [1.29, 1.82) is 0 Å². The van der Waals surface area contributed by atoms with E-state index >= 15 is 0 Å². The van der Waals surface area contributed by atoms with Crippen molar-refractivity contribution in [2.45, 2.75) is 12.8 Å². The van der Waals surface area contributed by atoms with Gasteiger partial charge in [-0.1, -0.05) is 23.8 Å². The van der Waals surface area contributed by atoms with E-state index in [0.717, 1.165) is 36.8 Å². The Morgan fingerprint density at radius 1 is 1.30 bits per heavy atom. The molecule has 2 heterocycles. The van der Waals surface area contributed by atoms with Crippen LogP contribution in [-0.2, 0) is 0 Å². The van der Waals surface area contributed by atoms with Gasteiger partial charge in [0.25, 0.3) is 5.91 Å². The largest absolute Gasteiger partial charge is 0.361 e. The number of aromatic amines is 1. The average Bonchev–Trinajstić information content (AvgIpc) is 2.96. The molecule has 1 aromatic heterocycles. The number of carbonyl (C=O) groups excluding carboxylic acids is 1. The molecule has 104 valence electrons. The number of H-pyrrole nitrogens is 1. The SMILES string of the molecule is O=C(NCCC1=CCNCC1)c1cccc2cc[nH]c12. The molecule has 0 spiro atoms. The lowest BCUT2D eigenvalue weighted by atomic mass is 10.1. The van der Waals surface area contributed by atoms with Crippen LogP contribution >= 0.6 is 0 Å². The molecule has 20 heavy (non-hydrogen) atoms. The zero-order valence-corrected chi connectivity index (χ0v) is 11.4. The first-order chi connectivity index (χ1) is 9.84. The van der Waals surface area contributed by atoms with Gasteiger partial charge < -0.3 is 15.6 Å². The summed E-state index contributed by atoms with van der Waals surface area (Å²) in [6.45, 7) is 2.69. The quantitative estimate of drug-likeness (QED) is 0.745. The van der Waals surface area contributed by atoms with E-state index in [2.05, 4.69) is 21.7 Å². The molecule has 3 N–H and O–H groups in total. The molecular formula is C16H19N3O. The van der Waals surface area contributed by atoms with Gasteiger partial charge in [0.1, 0.15) is 0 Å². The fourth-order valence-electron chi connectivity index (χ4n) is 2.60. The second-order valence-corrected chi connectivity index (χ2v) is 5.07. The summed E-state index contributed by atoms with van der Waals surface area (Å²) in [4.78, 5) is 15.4. The van der Waals surface area contributed by atoms with E-state index in [1.807, 2.05) is 30.5 Å². The molecule has 0 atom stereocenters. The van der Waals surface area contributed by atoms with Gasteiger partial charge in [0.05, 0.1) is 11.1 Å². The van der Waals surface area contributed by atoms with Crippen LogP contribution in [0.25, 0.3) is 10.9 Å². The molecule has 0 bridgehead atoms. The molecule has 0 saturated heterocycles. The van der Waals surface area contributed by atoms with Crippen molar-refractivity contribution in [1.82, 2.24) is 15.6 Å². The Balaban J connectivity index is 1.61. The summed E-state index contributed by atoms with van der Waals surface area (Å²) in [6.07, 6.45) is 6.11. The molecule has 1 aliphatic rings. The Kier molecular flexibility index (Phi) is 3.83. The third-order valence-corrected chi connectivity index (χ3v) is 3.72. The molecule has 0 radical (unpaired) electrons. The molecule has 0 saturated carbocycles. The summed E-state index contributed by atoms with van der Waals surface area (Å²) in [7, 11) is 0. The van der Waals surface area contributed by atoms with Crippen LogP contribution in [-0.4, -0.2) is 30.5 Å². The van der Waals surface area contributed by atoms with Crippen LogP contribution < -0.4 is 10.6 Å². The molecule has 1 aromatic carbocycles. The maximum Gasteiger partial charge on any atom is 0.253 e. The van der Waals surface area contributed by atoms with Crippen molar-refractivity contribution in [3.63, 3.8) is 0 Å². The lowest BCUT2D eigenvalue weighted by Gasteiger charge is -2.14. The second kappa shape index (κ2) is 5.92. The molecule has 4 nitrogen and oxygen atoms in total. The van der Waals surface area contributed by atoms with E-state index in [1.165, 1.54) is 5.57 Å². The van der Waals surface area contributed by atoms with Gasteiger partial charge in [-0.05, 0) is 31.5 Å². The van der Waals surface area contributed by atoms with Gasteiger partial charge in [0.15, 0.2) is 0 Å². The highest BCUT2D eigenvalue weighted by atomic mass is 16.1. The monoisotopic (exact) mass is 269 g/mol. The van der Waals surface area contributed by atoms with Gasteiger partial charge in [0, 0.05) is 24.7 Å². The predicted molar refractivity (Wildman–Crippen MR) is 80.8 cm³/mol. The van der Waals surface area contributed by atoms with E-state index < -0.39 is 0 Å². The van der Waals surface area contributed by atoms with Crippen molar-refractivity contribution in [2.24, 2.45) is 0 Å². The number of para-hydroxylation sites is 1. The average molecular weight is 269 g/mol. The summed E-state index contributed by atoms with van der Waals surface area (Å²) in [5.74, 6) is -0.00687. The maximum absolute atomic E-state index is 12.2. The van der Waals surface area contributed by atoms with Crippen LogP contribution in [0.2, 0.25) is 0 Å². The number of hydrogen-bond donors (Lipinski definition) is 3. The van der Waals surface area contributed by atoms with Crippen LogP contribution in [0.5, 0.6) is 0 Å². The van der Waals surface area contributed by atoms with Crippen LogP contribution in [0, 0.1) is 0 Å². The Hall–Kier alpha value is -2.07. The van der Waals surface area contributed by atoms with Crippen molar-refractivity contribution in [3.8, 4) is 0 Å². The standard InChI is InChI=1S/C16H19N3O/c20-16(19-10-6-12-4-8-17-9-5-12)14-3-1-2-13-7-11-18-15(13)14/h1-4,7,11,17-18H,5-6,8-10H2,(H,19,20). The van der Waals surface area contributed by atoms with Crippen molar-refractivity contribution in [2.75, 3.05) is 19.6 Å². The zero-order chi connectivity index (χ0) is 13.8. The number of amides is 1. The topological polar surface area (TPSA) is 56.9 Å². The third-order valence-electron chi connectivity index (χ3n) is 3.72. The van der Waals surface area contributed by atoms with Crippen molar-refractivity contribution in [3.05, 3.63) is 47.7 Å². The highest BCUT2D eigenvalue weighted by molar-refractivity contribution is 6.05. The van der Waals surface area contributed by atoms with Gasteiger partial charge in [0.2, 0.25) is 0 Å². The number of fused-ring (bicyclic) bond motifs is 1. The molecule has 2 aromatic rings. The fourth-order valence-corrected chi connectivity index (χ4v) is 2.60. The van der Waals surface area contributed by atoms with Gasteiger partial charge >= 0.3 is 0 Å². The van der Waals surface area contributed by atoms with E-state index in [4.69, 9.17) is 0 Å². The molecule has 0 unspecified atom stereocenters. The van der Waals surface area contributed by atoms with Crippen LogP contribution in [0.4, 0.5) is 0 Å². The smallest absolute Gasteiger partial charge is 0.253 e. The molecule has 4 heteroatoms. The first-order valence-corrected chi connectivity index (χ1v) is 7.07. The number of benzene rings is 1. The van der Waals surface area contributed by atoms with Gasteiger partial charge in [-0.25, -0.2) is 0 Å². The Morgan fingerprint density at radius 3 is 3.10 bits per heavy atom. The van der Waals surface area contributed by atoms with Gasteiger partial charge in [-0.3, -0.25) is 4.79 Å². The summed E-state index contributed by atoms with van der Waals surface area (Å²) in [5.41, 5.74) is 3.06. The Labute approximate surface area is 118 Å². The number of hydrogen-bond acceptors (Lipinski definition) is 2. The van der Waals surface area contributed by atoms with Crippen molar-refractivity contribution >= 4 is 16.8 Å². The predicted octanol–water partition coefficient (Wildman–Crippen LogP) is 2.21. The van der Waals surface area contributed by atoms with E-state index in [-0.39, 0.29) is 5.91 Å². The summed E-state index contributed by atoms with van der Waals surface area (Å²) >= 11 is 0. The summed E-state index contributed by atoms with van der Waals surface area (Å²) in [5, 5.41) is 7.37. The number of aromatic nitrogens is 1. The van der Waals surface area contributed by atoms with Crippen LogP contribution in [0.1, 0.15) is 23.2 Å². The molecule has 0 aliphatic carbocycles. The molecular weight excluding hydrogens is 250 g/mol. The lowest BCUT2D eigenvalue weighted by Crippen LogP contribution is -2.26. The highest BCUT2D eigenvalue weighted by Gasteiger charge is 2.10. The van der Waals surface area contributed by atoms with Gasteiger partial charge in [-0.2, -0.15) is 0 Å². The second-order valence-electron chi connectivity index (χ2n) is 5.07. The van der Waals surface area contributed by atoms with Crippen molar-refractivity contribution < 1.29 is 4.79 Å². The Morgan fingerprint density at radius 2 is 2.25 bits per heavy atom. The minimum atomic E-state index is -0.00687. The summed E-state index contributed by atoms with van der Waals surface area (Å²) in [6, 6.07) is 7.76. The first kappa shape index (κ1) is 12.9. The zero-order valence-electron chi connectivity index (χ0n) is 11.4. The highest BCUT2D eigenvalue weighted by Crippen LogP contribution is 2.16. The molecule has 0 fully saturated rings. The molecule has 3 rings (SSSR count). The van der Waals surface area contributed by atoms with Crippen LogP contribution in [0.15, 0.2) is 42.1 Å². The first-order valence-electron chi connectivity index (χ1n) is 7.07. The van der Waals surface area contributed by atoms with Gasteiger partial charge in [-0.15, -0.1) is 0 Å². The van der Waals surface area contributed by atoms with E-state index in [1.54, 1.807) is 0 Å². The minimum Gasteiger partial charge on any atom is -0.361 e. The summed E-state index contributed by atoms with van der Waals surface area (Å²) < 4.78 is 0. The van der Waals surface area contributed by atoms with Crippen LogP contribution in [0.3, 0.4) is 0 Å². The maximum atomic E-state index is 12.2. The normalized spacial score (nSPS) is 15.1. The number of rotatable bonds is 4. The molecule has 1 aliphatic heterocycles. The third kappa shape index (κ3) is 2.75. The van der Waals surface area contributed by atoms with E-state index in [0.29, 0.717) is 12.1 Å². The minimum absolute atomic E-state index is 0.00687. The number of nitrogens with one attached hydrogen (secondary N) is 3. The van der Waals surface area contributed by atoms with E-state index in [9.17, 15) is 4.79 Å². The Bertz CT molecular complexity index is 642.